The second kappa shape index (κ2) is 7.63. The summed E-state index contributed by atoms with van der Waals surface area (Å²) in [5, 5.41) is 0. The highest BCUT2D eigenvalue weighted by Crippen LogP contribution is 2.18. The summed E-state index contributed by atoms with van der Waals surface area (Å²) in [5.74, 6) is -0.340. The molecule has 0 heterocycles. The lowest BCUT2D eigenvalue weighted by atomic mass is 10.1. The van der Waals surface area contributed by atoms with E-state index in [1.807, 2.05) is 37.3 Å². The Balaban J connectivity index is 2.70. The first-order valence-electron chi connectivity index (χ1n) is 5.79. The first kappa shape index (κ1) is 13.5. The van der Waals surface area contributed by atoms with Crippen LogP contribution in [0.4, 0.5) is 0 Å². The highest BCUT2D eigenvalue weighted by atomic mass is 16.5. The molecule has 0 radical (unpaired) electrons. The van der Waals surface area contributed by atoms with Crippen LogP contribution in [0.3, 0.4) is 0 Å². The van der Waals surface area contributed by atoms with Crippen LogP contribution in [-0.4, -0.2) is 19.2 Å². The summed E-state index contributed by atoms with van der Waals surface area (Å²) < 4.78 is 10.4. The molecule has 0 aliphatic rings. The van der Waals surface area contributed by atoms with Crippen LogP contribution < -0.4 is 0 Å². The molecular formula is C14H18O3. The molecule has 1 atom stereocenters. The molecule has 0 fully saturated rings. The van der Waals surface area contributed by atoms with Crippen molar-refractivity contribution in [3.8, 4) is 0 Å². The minimum atomic E-state index is -0.340. The summed E-state index contributed by atoms with van der Waals surface area (Å²) in [6, 6.07) is 9.77. The smallest absolute Gasteiger partial charge is 0.330 e. The van der Waals surface area contributed by atoms with Gasteiger partial charge in [-0.2, -0.15) is 0 Å². The third kappa shape index (κ3) is 4.83. The fraction of sp³-hybridized carbons (Fsp3) is 0.357. The van der Waals surface area contributed by atoms with Gasteiger partial charge in [0.25, 0.3) is 0 Å². The van der Waals surface area contributed by atoms with Crippen LogP contribution >= 0.6 is 0 Å². The van der Waals surface area contributed by atoms with Gasteiger partial charge in [-0.25, -0.2) is 4.79 Å². The van der Waals surface area contributed by atoms with E-state index in [9.17, 15) is 4.79 Å². The van der Waals surface area contributed by atoms with E-state index in [1.165, 1.54) is 6.08 Å². The minimum Gasteiger partial charge on any atom is -0.463 e. The van der Waals surface area contributed by atoms with Gasteiger partial charge in [-0.15, -0.1) is 0 Å². The predicted octanol–water partition coefficient (Wildman–Crippen LogP) is 2.88. The van der Waals surface area contributed by atoms with Crippen molar-refractivity contribution in [2.45, 2.75) is 20.0 Å². The zero-order valence-corrected chi connectivity index (χ0v) is 10.3. The zero-order chi connectivity index (χ0) is 12.5. The highest BCUT2D eigenvalue weighted by molar-refractivity contribution is 5.82. The maximum absolute atomic E-state index is 11.2. The normalized spacial score (nSPS) is 12.6. The van der Waals surface area contributed by atoms with E-state index in [0.717, 1.165) is 5.56 Å². The van der Waals surface area contributed by atoms with Crippen LogP contribution in [0.15, 0.2) is 42.5 Å². The molecule has 0 aliphatic carbocycles. The number of benzene rings is 1. The van der Waals surface area contributed by atoms with Crippen molar-refractivity contribution in [2.75, 3.05) is 13.2 Å². The van der Waals surface area contributed by atoms with Crippen molar-refractivity contribution >= 4 is 5.97 Å². The number of hydrogen-bond acceptors (Lipinski definition) is 3. The van der Waals surface area contributed by atoms with Crippen LogP contribution in [0, 0.1) is 0 Å². The van der Waals surface area contributed by atoms with E-state index in [0.29, 0.717) is 13.2 Å². The van der Waals surface area contributed by atoms with E-state index in [1.54, 1.807) is 13.0 Å². The van der Waals surface area contributed by atoms with Crippen molar-refractivity contribution in [1.29, 1.82) is 0 Å². The van der Waals surface area contributed by atoms with Gasteiger partial charge in [-0.3, -0.25) is 0 Å². The molecule has 1 unspecified atom stereocenters. The minimum absolute atomic E-state index is 0.203. The zero-order valence-electron chi connectivity index (χ0n) is 10.3. The van der Waals surface area contributed by atoms with Gasteiger partial charge in [-0.1, -0.05) is 30.3 Å². The van der Waals surface area contributed by atoms with Gasteiger partial charge in [0.2, 0.25) is 0 Å². The Labute approximate surface area is 102 Å². The number of ether oxygens (including phenoxy) is 2. The third-order valence-electron chi connectivity index (χ3n) is 2.17. The van der Waals surface area contributed by atoms with Crippen LogP contribution in [0.1, 0.15) is 25.5 Å². The highest BCUT2D eigenvalue weighted by Gasteiger charge is 2.07. The second-order valence-corrected chi connectivity index (χ2v) is 3.40. The molecule has 17 heavy (non-hydrogen) atoms. The summed E-state index contributed by atoms with van der Waals surface area (Å²) in [7, 11) is 0. The van der Waals surface area contributed by atoms with Crippen LogP contribution in [0.25, 0.3) is 0 Å². The summed E-state index contributed by atoms with van der Waals surface area (Å²) in [5.41, 5.74) is 1.02. The molecule has 0 spiro atoms. The molecule has 92 valence electrons. The molecular weight excluding hydrogens is 216 g/mol. The van der Waals surface area contributed by atoms with Crippen molar-refractivity contribution in [3.63, 3.8) is 0 Å². The molecule has 0 aromatic heterocycles. The maximum Gasteiger partial charge on any atom is 0.330 e. The first-order valence-corrected chi connectivity index (χ1v) is 5.79. The van der Waals surface area contributed by atoms with Crippen LogP contribution in [0.5, 0.6) is 0 Å². The summed E-state index contributed by atoms with van der Waals surface area (Å²) in [6.07, 6.45) is 2.93. The Morgan fingerprint density at radius 3 is 2.53 bits per heavy atom. The Bertz CT molecular complexity index is 357. The van der Waals surface area contributed by atoms with Gasteiger partial charge in [0.15, 0.2) is 0 Å². The van der Waals surface area contributed by atoms with Crippen LogP contribution in [0.2, 0.25) is 0 Å². The fourth-order valence-electron chi connectivity index (χ4n) is 1.44. The lowest BCUT2D eigenvalue weighted by Gasteiger charge is -2.12. The predicted molar refractivity (Wildman–Crippen MR) is 66.6 cm³/mol. The average molecular weight is 234 g/mol. The van der Waals surface area contributed by atoms with Gasteiger partial charge in [0.05, 0.1) is 6.61 Å². The lowest BCUT2D eigenvalue weighted by molar-refractivity contribution is -0.137. The summed E-state index contributed by atoms with van der Waals surface area (Å²) in [4.78, 5) is 11.2. The van der Waals surface area contributed by atoms with Crippen molar-refractivity contribution < 1.29 is 14.3 Å². The second-order valence-electron chi connectivity index (χ2n) is 3.40. The third-order valence-corrected chi connectivity index (χ3v) is 2.17. The van der Waals surface area contributed by atoms with E-state index in [4.69, 9.17) is 9.47 Å². The van der Waals surface area contributed by atoms with E-state index >= 15 is 0 Å². The molecule has 3 heteroatoms. The van der Waals surface area contributed by atoms with Gasteiger partial charge in [0.1, 0.15) is 6.10 Å². The van der Waals surface area contributed by atoms with Crippen LogP contribution in [-0.2, 0) is 14.3 Å². The molecule has 1 aromatic carbocycles. The van der Waals surface area contributed by atoms with Crippen molar-refractivity contribution in [2.24, 2.45) is 0 Å². The first-order chi connectivity index (χ1) is 8.27. The van der Waals surface area contributed by atoms with E-state index in [2.05, 4.69) is 0 Å². The van der Waals surface area contributed by atoms with Crippen molar-refractivity contribution in [1.82, 2.24) is 0 Å². The summed E-state index contributed by atoms with van der Waals surface area (Å²) >= 11 is 0. The molecule has 0 N–H and O–H groups in total. The molecule has 1 aromatic rings. The largest absolute Gasteiger partial charge is 0.463 e. The van der Waals surface area contributed by atoms with E-state index in [-0.39, 0.29) is 12.1 Å². The number of hydrogen-bond donors (Lipinski definition) is 0. The lowest BCUT2D eigenvalue weighted by Crippen LogP contribution is -2.04. The van der Waals surface area contributed by atoms with Gasteiger partial charge in [-0.05, 0) is 25.5 Å². The topological polar surface area (TPSA) is 35.5 Å². The molecule has 0 bridgehead atoms. The molecule has 0 saturated heterocycles. The Morgan fingerprint density at radius 2 is 1.94 bits per heavy atom. The Kier molecular flexibility index (Phi) is 6.04. The van der Waals surface area contributed by atoms with Gasteiger partial charge in [0, 0.05) is 12.7 Å². The molecule has 1 rings (SSSR count). The molecule has 0 amide bonds. The number of carbonyl (C=O) groups excluding carboxylic acids is 1. The monoisotopic (exact) mass is 234 g/mol. The van der Waals surface area contributed by atoms with Crippen molar-refractivity contribution in [3.05, 3.63) is 48.0 Å². The number of rotatable bonds is 6. The Hall–Kier alpha value is -1.61. The molecule has 0 aliphatic heterocycles. The fourth-order valence-corrected chi connectivity index (χ4v) is 1.44. The molecule has 0 saturated carbocycles. The number of esters is 1. The quantitative estimate of drug-likeness (QED) is 0.561. The van der Waals surface area contributed by atoms with Gasteiger partial charge >= 0.3 is 5.97 Å². The maximum atomic E-state index is 11.2. The van der Waals surface area contributed by atoms with E-state index < -0.39 is 0 Å². The molecule has 3 nitrogen and oxygen atoms in total. The van der Waals surface area contributed by atoms with Gasteiger partial charge < -0.3 is 9.47 Å². The summed E-state index contributed by atoms with van der Waals surface area (Å²) in [6.45, 7) is 4.68. The Morgan fingerprint density at radius 1 is 1.24 bits per heavy atom. The average Bonchev–Trinajstić information content (AvgIpc) is 2.36. The number of carbonyl (C=O) groups is 1. The standard InChI is InChI=1S/C14H18O3/c1-3-16-13(10-11-14(15)17-4-2)12-8-6-5-7-9-12/h5-11,13H,3-4H2,1-2H3/b11-10+. The SMILES string of the molecule is CCOC(=O)/C=C/C(OCC)c1ccccc1.